The summed E-state index contributed by atoms with van der Waals surface area (Å²) in [5.41, 5.74) is 0. The number of ether oxygens (including phenoxy) is 4. The third-order valence-corrected chi connectivity index (χ3v) is 21.4. The van der Waals surface area contributed by atoms with Gasteiger partial charge < -0.3 is 33.8 Å². The first-order valence-corrected chi connectivity index (χ1v) is 44.8. The fourth-order valence-electron chi connectivity index (χ4n) is 12.4. The Morgan fingerprint density at radius 2 is 0.480 bits per heavy atom. The number of phosphoric acid groups is 2. The van der Waals surface area contributed by atoms with E-state index in [2.05, 4.69) is 55.4 Å². The minimum absolute atomic E-state index is 0.103. The van der Waals surface area contributed by atoms with Crippen LogP contribution in [0.1, 0.15) is 415 Å². The first-order valence-electron chi connectivity index (χ1n) is 41.8. The van der Waals surface area contributed by atoms with Crippen LogP contribution >= 0.6 is 15.6 Å². The Hall–Kier alpha value is -1.94. The molecule has 3 N–H and O–H groups in total. The van der Waals surface area contributed by atoms with Crippen molar-refractivity contribution in [1.82, 2.24) is 0 Å². The van der Waals surface area contributed by atoms with Crippen molar-refractivity contribution in [3.63, 3.8) is 0 Å². The quantitative estimate of drug-likeness (QED) is 0.0222. The van der Waals surface area contributed by atoms with Crippen molar-refractivity contribution < 1.29 is 80.2 Å². The summed E-state index contributed by atoms with van der Waals surface area (Å²) in [5, 5.41) is 10.6. The van der Waals surface area contributed by atoms with Crippen molar-refractivity contribution in [3.8, 4) is 0 Å². The predicted molar refractivity (Wildman–Crippen MR) is 409 cm³/mol. The molecular formula is C81H158O17P2. The van der Waals surface area contributed by atoms with E-state index >= 15 is 0 Å². The van der Waals surface area contributed by atoms with Crippen molar-refractivity contribution in [3.05, 3.63) is 0 Å². The Kier molecular flexibility index (Phi) is 68.7. The molecule has 0 radical (unpaired) electrons. The number of aliphatic hydroxyl groups excluding tert-OH is 1. The number of hydrogen-bond donors (Lipinski definition) is 3. The zero-order valence-electron chi connectivity index (χ0n) is 65.8. The summed E-state index contributed by atoms with van der Waals surface area (Å²) in [6, 6.07) is 0. The molecule has 0 rings (SSSR count). The van der Waals surface area contributed by atoms with E-state index in [-0.39, 0.29) is 25.7 Å². The van der Waals surface area contributed by atoms with Crippen LogP contribution in [0, 0.1) is 23.7 Å². The Bertz CT molecular complexity index is 1960. The van der Waals surface area contributed by atoms with Crippen molar-refractivity contribution in [2.24, 2.45) is 23.7 Å². The highest BCUT2D eigenvalue weighted by Crippen LogP contribution is 2.45. The third kappa shape index (κ3) is 71.7. The maximum atomic E-state index is 13.1. The van der Waals surface area contributed by atoms with Gasteiger partial charge in [-0.15, -0.1) is 0 Å². The third-order valence-electron chi connectivity index (χ3n) is 19.5. The number of unbranched alkanes of at least 4 members (excludes halogenated alkanes) is 42. The van der Waals surface area contributed by atoms with Crippen LogP contribution in [0.15, 0.2) is 0 Å². The Balaban J connectivity index is 5.20. The second-order valence-corrected chi connectivity index (χ2v) is 33.5. The van der Waals surface area contributed by atoms with Gasteiger partial charge in [0.25, 0.3) is 0 Å². The molecule has 17 nitrogen and oxygen atoms in total. The van der Waals surface area contributed by atoms with Gasteiger partial charge in [-0.2, -0.15) is 0 Å². The molecule has 0 aromatic carbocycles. The van der Waals surface area contributed by atoms with Crippen LogP contribution in [0.2, 0.25) is 0 Å². The standard InChI is InChI=1S/C81H158O17P2/c1-9-73(7)59-51-43-35-28-24-20-15-13-11-12-14-16-21-25-29-36-45-53-61-78(83)91-67-76(97-80(85)63-55-47-37-30-26-22-18-17-19-23-27-33-41-49-57-71(3)4)69-95-99(87,88)93-65-75(82)66-94-100(89,90)96-70-77(68-92-79(84)62-54-46-40-39-44-52-60-74(8)10-2)98-81(86)64-56-48-38-32-31-34-42-50-58-72(5)6/h71-77,82H,9-70H2,1-8H3,(H,87,88)(H,89,90)/t73?,74?,75-,76-,77-/m1/s1. The van der Waals surface area contributed by atoms with Gasteiger partial charge in [0.1, 0.15) is 19.3 Å². The summed E-state index contributed by atoms with van der Waals surface area (Å²) in [5.74, 6) is 1.000. The van der Waals surface area contributed by atoms with Crippen LogP contribution in [0.5, 0.6) is 0 Å². The maximum absolute atomic E-state index is 13.1. The summed E-state index contributed by atoms with van der Waals surface area (Å²) in [7, 11) is -9.92. The second kappa shape index (κ2) is 70.1. The molecule has 0 amide bonds. The SMILES string of the molecule is CCC(C)CCCCCCCCCCCCCCCCCCCCC(=O)OC[C@H](COP(=O)(O)OC[C@@H](O)COP(=O)(O)OC[C@@H](COC(=O)CCCCCCCCC(C)CC)OC(=O)CCCCCCCCCCC(C)C)OC(=O)CCCCCCCCCCCCCCCCC(C)C. The van der Waals surface area contributed by atoms with Gasteiger partial charge in [-0.1, -0.05) is 364 Å². The number of rotatable bonds is 78. The van der Waals surface area contributed by atoms with Crippen LogP contribution < -0.4 is 0 Å². The summed E-state index contributed by atoms with van der Waals surface area (Å²) in [6.07, 6.45) is 57.1. The lowest BCUT2D eigenvalue weighted by molar-refractivity contribution is -0.161. The highest BCUT2D eigenvalue weighted by atomic mass is 31.2. The molecule has 0 aromatic heterocycles. The van der Waals surface area contributed by atoms with Gasteiger partial charge in [0.2, 0.25) is 0 Å². The smallest absolute Gasteiger partial charge is 0.462 e. The molecule has 0 aliphatic rings. The molecule has 4 unspecified atom stereocenters. The number of hydrogen-bond acceptors (Lipinski definition) is 15. The Labute approximate surface area is 613 Å². The Morgan fingerprint density at radius 3 is 0.710 bits per heavy atom. The van der Waals surface area contributed by atoms with E-state index < -0.39 is 97.5 Å². The summed E-state index contributed by atoms with van der Waals surface area (Å²) in [4.78, 5) is 72.9. The van der Waals surface area contributed by atoms with E-state index in [0.29, 0.717) is 25.7 Å². The first kappa shape index (κ1) is 98.1. The summed E-state index contributed by atoms with van der Waals surface area (Å²) >= 11 is 0. The normalized spacial score (nSPS) is 14.6. The average Bonchev–Trinajstić information content (AvgIpc) is 0.978. The maximum Gasteiger partial charge on any atom is 0.472 e. The molecule has 0 saturated heterocycles. The van der Waals surface area contributed by atoms with Gasteiger partial charge in [0.05, 0.1) is 26.4 Å². The molecule has 0 bridgehead atoms. The van der Waals surface area contributed by atoms with Gasteiger partial charge in [0.15, 0.2) is 12.2 Å². The molecule has 19 heteroatoms. The lowest BCUT2D eigenvalue weighted by Crippen LogP contribution is -2.30. The van der Waals surface area contributed by atoms with Gasteiger partial charge in [-0.25, -0.2) is 9.13 Å². The first-order chi connectivity index (χ1) is 48.2. The largest absolute Gasteiger partial charge is 0.472 e. The zero-order valence-corrected chi connectivity index (χ0v) is 67.6. The van der Waals surface area contributed by atoms with Gasteiger partial charge in [0, 0.05) is 25.7 Å². The average molecular weight is 1470 g/mol. The highest BCUT2D eigenvalue weighted by Gasteiger charge is 2.30. The van der Waals surface area contributed by atoms with Gasteiger partial charge in [-0.05, 0) is 49.4 Å². The van der Waals surface area contributed by atoms with E-state index in [4.69, 9.17) is 37.0 Å². The van der Waals surface area contributed by atoms with Crippen LogP contribution in [0.4, 0.5) is 0 Å². The van der Waals surface area contributed by atoms with Crippen LogP contribution in [0.3, 0.4) is 0 Å². The molecule has 100 heavy (non-hydrogen) atoms. The van der Waals surface area contributed by atoms with Crippen molar-refractivity contribution in [2.75, 3.05) is 39.6 Å². The monoisotopic (exact) mass is 1470 g/mol. The van der Waals surface area contributed by atoms with Gasteiger partial charge in [-0.3, -0.25) is 37.3 Å². The summed E-state index contributed by atoms with van der Waals surface area (Å²) in [6.45, 7) is 14.2. The predicted octanol–water partition coefficient (Wildman–Crippen LogP) is 24.0. The fraction of sp³-hybridized carbons (Fsp3) is 0.951. The van der Waals surface area contributed by atoms with Crippen molar-refractivity contribution in [2.45, 2.75) is 433 Å². The number of carbonyl (C=O) groups excluding carboxylic acids is 4. The van der Waals surface area contributed by atoms with Crippen molar-refractivity contribution >= 4 is 39.5 Å². The van der Waals surface area contributed by atoms with E-state index in [1.54, 1.807) is 0 Å². The number of phosphoric ester groups is 2. The number of carbonyl (C=O) groups is 4. The lowest BCUT2D eigenvalue weighted by atomic mass is 9.99. The zero-order chi connectivity index (χ0) is 73.8. The minimum Gasteiger partial charge on any atom is -0.462 e. The second-order valence-electron chi connectivity index (χ2n) is 30.6. The lowest BCUT2D eigenvalue weighted by Gasteiger charge is -2.21. The molecule has 0 saturated carbocycles. The fourth-order valence-corrected chi connectivity index (χ4v) is 13.9. The Morgan fingerprint density at radius 1 is 0.280 bits per heavy atom. The van der Waals surface area contributed by atoms with Crippen LogP contribution in [-0.2, 0) is 65.4 Å². The van der Waals surface area contributed by atoms with Crippen molar-refractivity contribution in [1.29, 1.82) is 0 Å². The van der Waals surface area contributed by atoms with Crippen LogP contribution in [0.25, 0.3) is 0 Å². The van der Waals surface area contributed by atoms with E-state index in [0.717, 1.165) is 120 Å². The molecule has 0 aliphatic heterocycles. The summed E-state index contributed by atoms with van der Waals surface area (Å²) < 4.78 is 68.6. The number of aliphatic hydroxyl groups is 1. The molecule has 594 valence electrons. The minimum atomic E-state index is -4.96. The molecule has 0 heterocycles. The van der Waals surface area contributed by atoms with E-state index in [1.807, 2.05) is 0 Å². The molecule has 7 atom stereocenters. The van der Waals surface area contributed by atoms with E-state index in [9.17, 15) is 43.2 Å². The molecule has 0 spiro atoms. The molecule has 0 aliphatic carbocycles. The topological polar surface area (TPSA) is 237 Å². The van der Waals surface area contributed by atoms with Crippen LogP contribution in [-0.4, -0.2) is 96.7 Å². The molecule has 0 aromatic rings. The molecule has 0 fully saturated rings. The van der Waals surface area contributed by atoms with Gasteiger partial charge >= 0.3 is 39.5 Å². The molecular weight excluding hydrogens is 1310 g/mol. The highest BCUT2D eigenvalue weighted by molar-refractivity contribution is 7.47. The number of esters is 4. The van der Waals surface area contributed by atoms with E-state index in [1.165, 1.54) is 212 Å².